The Bertz CT molecular complexity index is 900. The molecule has 0 heterocycles. The number of hydrogen-bond acceptors (Lipinski definition) is 6. The third-order valence-corrected chi connectivity index (χ3v) is 6.02. The smallest absolute Gasteiger partial charge is 0.202 e. The summed E-state index contributed by atoms with van der Waals surface area (Å²) in [4.78, 5) is 26.9. The fourth-order valence-corrected chi connectivity index (χ4v) is 4.45. The number of Topliss-reactive ketones (excluding diaryl/α,β-unsaturated/α-hetero) is 2. The summed E-state index contributed by atoms with van der Waals surface area (Å²) < 4.78 is 5.38. The molecule has 0 aromatic heterocycles. The van der Waals surface area contributed by atoms with Gasteiger partial charge < -0.3 is 20.1 Å². The average molecular weight is 412 g/mol. The number of benzene rings is 2. The minimum atomic E-state index is -2.22. The summed E-state index contributed by atoms with van der Waals surface area (Å²) in [6.07, 6.45) is 0.708. The lowest BCUT2D eigenvalue weighted by molar-refractivity contribution is -0.155. The van der Waals surface area contributed by atoms with Gasteiger partial charge in [-0.15, -0.1) is 0 Å². The highest BCUT2D eigenvalue weighted by atomic mass is 16.5. The average Bonchev–Trinajstić information content (AvgIpc) is 2.74. The first-order valence-corrected chi connectivity index (χ1v) is 10.1. The first-order chi connectivity index (χ1) is 14.2. The van der Waals surface area contributed by atoms with E-state index in [9.17, 15) is 19.8 Å². The molecular weight excluding hydrogens is 384 g/mol. The summed E-state index contributed by atoms with van der Waals surface area (Å²) in [5, 5.41) is 31.3. The number of aliphatic hydroxyl groups is 3. The van der Waals surface area contributed by atoms with Gasteiger partial charge in [-0.1, -0.05) is 42.5 Å². The van der Waals surface area contributed by atoms with Crippen LogP contribution in [0, 0.1) is 0 Å². The summed E-state index contributed by atoms with van der Waals surface area (Å²) in [5.41, 5.74) is -4.43. The topological polar surface area (TPSA) is 104 Å². The van der Waals surface area contributed by atoms with Gasteiger partial charge >= 0.3 is 0 Å². The van der Waals surface area contributed by atoms with Gasteiger partial charge in [0, 0.05) is 5.56 Å². The number of hydrogen-bond donors (Lipinski definition) is 3. The van der Waals surface area contributed by atoms with Crippen LogP contribution in [-0.4, -0.2) is 51.3 Å². The van der Waals surface area contributed by atoms with Crippen molar-refractivity contribution in [2.45, 2.75) is 49.7 Å². The molecule has 0 amide bonds. The molecule has 2 atom stereocenters. The lowest BCUT2D eigenvalue weighted by atomic mass is 9.55. The predicted molar refractivity (Wildman–Crippen MR) is 112 cm³/mol. The van der Waals surface area contributed by atoms with Gasteiger partial charge in [-0.2, -0.15) is 0 Å². The number of ether oxygens (including phenoxy) is 1. The first-order valence-electron chi connectivity index (χ1n) is 10.1. The Morgan fingerprint density at radius 2 is 1.70 bits per heavy atom. The fourth-order valence-electron chi connectivity index (χ4n) is 4.45. The van der Waals surface area contributed by atoms with E-state index < -0.39 is 28.2 Å². The van der Waals surface area contributed by atoms with Crippen molar-refractivity contribution in [3.63, 3.8) is 0 Å². The summed E-state index contributed by atoms with van der Waals surface area (Å²) in [6, 6.07) is 14.9. The van der Waals surface area contributed by atoms with Crippen LogP contribution < -0.4 is 4.74 Å². The highest BCUT2D eigenvalue weighted by Crippen LogP contribution is 2.48. The van der Waals surface area contributed by atoms with E-state index in [1.807, 2.05) is 0 Å². The maximum atomic E-state index is 13.8. The molecule has 0 spiro atoms. The zero-order valence-electron chi connectivity index (χ0n) is 17.3. The standard InChI is InChI=1S/C24H28O6/c1-22(2,28)23(18-9-11-19(12-10-18)30-16-15-25)13-6-14-24(29,21(23)27)20(26)17-7-4-3-5-8-17/h3-5,7-12,25,28-29H,6,13-16H2,1-2H3. The first kappa shape index (κ1) is 22.2. The summed E-state index contributed by atoms with van der Waals surface area (Å²) in [7, 11) is 0. The van der Waals surface area contributed by atoms with Crippen molar-refractivity contribution in [2.24, 2.45) is 0 Å². The maximum Gasteiger partial charge on any atom is 0.202 e. The van der Waals surface area contributed by atoms with Crippen LogP contribution in [0.3, 0.4) is 0 Å². The summed E-state index contributed by atoms with van der Waals surface area (Å²) in [5.74, 6) is -0.825. The summed E-state index contributed by atoms with van der Waals surface area (Å²) >= 11 is 0. The second-order valence-corrected chi connectivity index (χ2v) is 8.30. The summed E-state index contributed by atoms with van der Waals surface area (Å²) in [6.45, 7) is 3.07. The van der Waals surface area contributed by atoms with Crippen LogP contribution >= 0.6 is 0 Å². The van der Waals surface area contributed by atoms with Gasteiger partial charge in [0.05, 0.1) is 17.6 Å². The van der Waals surface area contributed by atoms with E-state index in [1.54, 1.807) is 54.6 Å². The molecule has 30 heavy (non-hydrogen) atoms. The van der Waals surface area contributed by atoms with Crippen LogP contribution in [0.25, 0.3) is 0 Å². The largest absolute Gasteiger partial charge is 0.491 e. The third-order valence-electron chi connectivity index (χ3n) is 6.02. The molecule has 0 radical (unpaired) electrons. The normalized spacial score (nSPS) is 24.5. The van der Waals surface area contributed by atoms with Crippen LogP contribution in [0.15, 0.2) is 54.6 Å². The van der Waals surface area contributed by atoms with E-state index in [-0.39, 0.29) is 25.2 Å². The lowest BCUT2D eigenvalue weighted by Crippen LogP contribution is -2.65. The van der Waals surface area contributed by atoms with Crippen molar-refractivity contribution >= 4 is 11.6 Å². The van der Waals surface area contributed by atoms with Crippen molar-refractivity contribution in [1.29, 1.82) is 0 Å². The Hall–Kier alpha value is -2.54. The molecule has 1 aliphatic rings. The molecule has 6 nitrogen and oxygen atoms in total. The van der Waals surface area contributed by atoms with Crippen LogP contribution in [0.1, 0.15) is 49.0 Å². The molecule has 3 rings (SSSR count). The van der Waals surface area contributed by atoms with Crippen LogP contribution in [-0.2, 0) is 10.2 Å². The number of aliphatic hydroxyl groups excluding tert-OH is 1. The molecule has 2 aromatic carbocycles. The Labute approximate surface area is 176 Å². The molecule has 2 unspecified atom stereocenters. The van der Waals surface area contributed by atoms with E-state index in [0.717, 1.165) is 0 Å². The molecule has 1 saturated carbocycles. The monoisotopic (exact) mass is 412 g/mol. The molecule has 1 fully saturated rings. The van der Waals surface area contributed by atoms with Crippen molar-refractivity contribution in [2.75, 3.05) is 13.2 Å². The zero-order valence-corrected chi connectivity index (χ0v) is 17.3. The van der Waals surface area contributed by atoms with E-state index in [0.29, 0.717) is 24.2 Å². The van der Waals surface area contributed by atoms with E-state index in [4.69, 9.17) is 9.84 Å². The molecule has 160 valence electrons. The lowest BCUT2D eigenvalue weighted by Gasteiger charge is -2.49. The van der Waals surface area contributed by atoms with Gasteiger partial charge in [0.2, 0.25) is 5.78 Å². The van der Waals surface area contributed by atoms with Gasteiger partial charge in [-0.3, -0.25) is 9.59 Å². The van der Waals surface area contributed by atoms with Crippen molar-refractivity contribution in [3.05, 3.63) is 65.7 Å². The zero-order chi connectivity index (χ0) is 22.0. The SMILES string of the molecule is CC(C)(O)C1(c2ccc(OCCO)cc2)CCCC(O)(C(=O)c2ccccc2)C1=O. The Kier molecular flexibility index (Phi) is 6.13. The highest BCUT2D eigenvalue weighted by Gasteiger charge is 2.62. The second kappa shape index (κ2) is 8.30. The predicted octanol–water partition coefficient (Wildman–Crippen LogP) is 2.43. The number of carbonyl (C=O) groups excluding carboxylic acids is 2. The Morgan fingerprint density at radius 1 is 1.07 bits per heavy atom. The molecule has 0 bridgehead atoms. The molecular formula is C24H28O6. The molecule has 1 aliphatic carbocycles. The minimum absolute atomic E-state index is 0.00901. The minimum Gasteiger partial charge on any atom is -0.491 e. The molecule has 0 saturated heterocycles. The number of rotatable bonds is 7. The van der Waals surface area contributed by atoms with E-state index in [2.05, 4.69) is 0 Å². The quantitative estimate of drug-likeness (QED) is 0.477. The molecule has 0 aliphatic heterocycles. The number of carbonyl (C=O) groups is 2. The Balaban J connectivity index is 2.06. The molecule has 3 N–H and O–H groups in total. The van der Waals surface area contributed by atoms with Crippen molar-refractivity contribution < 1.29 is 29.6 Å². The van der Waals surface area contributed by atoms with Crippen LogP contribution in [0.5, 0.6) is 5.75 Å². The Morgan fingerprint density at radius 3 is 2.27 bits per heavy atom. The molecule has 6 heteroatoms. The van der Waals surface area contributed by atoms with Crippen molar-refractivity contribution in [3.8, 4) is 5.75 Å². The van der Waals surface area contributed by atoms with Gasteiger partial charge in [-0.25, -0.2) is 0 Å². The van der Waals surface area contributed by atoms with Gasteiger partial charge in [0.15, 0.2) is 11.4 Å². The van der Waals surface area contributed by atoms with Gasteiger partial charge in [0.1, 0.15) is 12.4 Å². The van der Waals surface area contributed by atoms with Gasteiger partial charge in [0.25, 0.3) is 0 Å². The van der Waals surface area contributed by atoms with Gasteiger partial charge in [-0.05, 0) is 50.8 Å². The van der Waals surface area contributed by atoms with Crippen molar-refractivity contribution in [1.82, 2.24) is 0 Å². The maximum absolute atomic E-state index is 13.8. The van der Waals surface area contributed by atoms with Crippen LogP contribution in [0.2, 0.25) is 0 Å². The van der Waals surface area contributed by atoms with E-state index in [1.165, 1.54) is 13.8 Å². The third kappa shape index (κ3) is 3.67. The van der Waals surface area contributed by atoms with E-state index >= 15 is 0 Å². The second-order valence-electron chi connectivity index (χ2n) is 8.30. The fraction of sp³-hybridized carbons (Fsp3) is 0.417. The molecule has 2 aromatic rings. The number of ketones is 2. The van der Waals surface area contributed by atoms with Crippen LogP contribution in [0.4, 0.5) is 0 Å². The highest BCUT2D eigenvalue weighted by molar-refractivity contribution is 6.20.